The summed E-state index contributed by atoms with van der Waals surface area (Å²) in [7, 11) is 2.05. The zero-order valence-electron chi connectivity index (χ0n) is 22.3. The quantitative estimate of drug-likeness (QED) is 0.229. The van der Waals surface area contributed by atoms with Crippen molar-refractivity contribution in [1.29, 1.82) is 0 Å². The topological polar surface area (TPSA) is 56.7 Å². The lowest BCUT2D eigenvalue weighted by Gasteiger charge is -2.09. The number of nitrogens with zero attached hydrogens (tertiary/aromatic N) is 4. The molecule has 0 saturated carbocycles. The van der Waals surface area contributed by atoms with Crippen LogP contribution in [0, 0.1) is 0 Å². The van der Waals surface area contributed by atoms with Gasteiger partial charge in [0.1, 0.15) is 17.0 Å². The lowest BCUT2D eigenvalue weighted by molar-refractivity contribution is 0.670. The number of rotatable bonds is 4. The highest BCUT2D eigenvalue weighted by atomic mass is 16.3. The first-order chi connectivity index (χ1) is 20.2. The smallest absolute Gasteiger partial charge is 0.160 e. The van der Waals surface area contributed by atoms with E-state index in [1.54, 1.807) is 0 Å². The van der Waals surface area contributed by atoms with Gasteiger partial charge in [-0.2, -0.15) is 0 Å². The molecule has 0 aliphatic heterocycles. The third-order valence-corrected chi connectivity index (χ3v) is 7.66. The summed E-state index contributed by atoms with van der Waals surface area (Å²) in [5.74, 6) is 1.55. The van der Waals surface area contributed by atoms with Crippen LogP contribution < -0.4 is 0 Å². The monoisotopic (exact) mass is 528 g/mol. The summed E-state index contributed by atoms with van der Waals surface area (Å²) in [5.41, 5.74) is 9.21. The van der Waals surface area contributed by atoms with Gasteiger partial charge in [-0.15, -0.1) is 0 Å². The van der Waals surface area contributed by atoms with Gasteiger partial charge in [0, 0.05) is 34.5 Å². The molecule has 5 nitrogen and oxygen atoms in total. The minimum absolute atomic E-state index is 0.676. The van der Waals surface area contributed by atoms with Gasteiger partial charge in [-0.05, 0) is 30.3 Å². The number of furan rings is 1. The van der Waals surface area contributed by atoms with Crippen molar-refractivity contribution in [2.75, 3.05) is 0 Å². The lowest BCUT2D eigenvalue weighted by atomic mass is 10.0. The molecule has 0 atom stereocenters. The molecule has 194 valence electrons. The van der Waals surface area contributed by atoms with Crippen molar-refractivity contribution < 1.29 is 4.42 Å². The molecule has 0 amide bonds. The maximum absolute atomic E-state index is 6.75. The van der Waals surface area contributed by atoms with Crippen LogP contribution in [0.4, 0.5) is 0 Å². The Morgan fingerprint density at radius 3 is 1.88 bits per heavy atom. The molecule has 0 spiro atoms. The number of para-hydroxylation sites is 4. The summed E-state index contributed by atoms with van der Waals surface area (Å²) < 4.78 is 8.88. The van der Waals surface area contributed by atoms with E-state index in [-0.39, 0.29) is 0 Å². The van der Waals surface area contributed by atoms with Gasteiger partial charge in [0.25, 0.3) is 0 Å². The van der Waals surface area contributed by atoms with E-state index >= 15 is 0 Å². The maximum Gasteiger partial charge on any atom is 0.160 e. The zero-order chi connectivity index (χ0) is 27.3. The van der Waals surface area contributed by atoms with Gasteiger partial charge < -0.3 is 8.98 Å². The fourth-order valence-electron chi connectivity index (χ4n) is 5.64. The number of aryl methyl sites for hydroxylation is 1. The summed E-state index contributed by atoms with van der Waals surface area (Å²) >= 11 is 0. The van der Waals surface area contributed by atoms with E-state index in [0.717, 1.165) is 72.4 Å². The summed E-state index contributed by atoms with van der Waals surface area (Å²) in [6.07, 6.45) is 0. The zero-order valence-corrected chi connectivity index (χ0v) is 22.3. The Bertz CT molecular complexity index is 2150. The standard InChI is InChI=1S/C36H24N4O/c1-40-32-21-9-8-20-29(32)39-36(40)28-19-11-17-26-25-16-10-18-27(33(25)41-34(26)28)31-22-30(23-12-4-2-5-13-23)37-35(38-31)24-14-6-3-7-15-24/h2-22H,1H3. The minimum atomic E-state index is 0.676. The van der Waals surface area contributed by atoms with Crippen LogP contribution in [0.3, 0.4) is 0 Å². The van der Waals surface area contributed by atoms with Crippen molar-refractivity contribution in [1.82, 2.24) is 19.5 Å². The molecule has 3 heterocycles. The predicted octanol–water partition coefficient (Wildman–Crippen LogP) is 8.93. The molecule has 0 saturated heterocycles. The molecule has 41 heavy (non-hydrogen) atoms. The molecule has 8 rings (SSSR count). The molecule has 8 aromatic rings. The summed E-state index contributed by atoms with van der Waals surface area (Å²) in [5, 5.41) is 2.09. The van der Waals surface area contributed by atoms with E-state index in [9.17, 15) is 0 Å². The van der Waals surface area contributed by atoms with Crippen molar-refractivity contribution in [3.8, 4) is 45.3 Å². The van der Waals surface area contributed by atoms with Crippen LogP contribution in [0.25, 0.3) is 78.3 Å². The average Bonchev–Trinajstić information content (AvgIpc) is 3.59. The first-order valence-corrected chi connectivity index (χ1v) is 13.6. The summed E-state index contributed by atoms with van der Waals surface area (Å²) in [4.78, 5) is 15.0. The molecule has 0 fully saturated rings. The number of hydrogen-bond acceptors (Lipinski definition) is 4. The van der Waals surface area contributed by atoms with E-state index in [0.29, 0.717) is 5.82 Å². The van der Waals surface area contributed by atoms with Crippen molar-refractivity contribution in [2.24, 2.45) is 7.05 Å². The number of hydrogen-bond donors (Lipinski definition) is 0. The Hall–Kier alpha value is -5.55. The van der Waals surface area contributed by atoms with Gasteiger partial charge in [-0.1, -0.05) is 97.1 Å². The SMILES string of the molecule is Cn1c(-c2cccc3c2oc2c(-c4cc(-c5ccccc5)nc(-c5ccccc5)n4)cccc23)nc2ccccc21. The lowest BCUT2D eigenvalue weighted by Crippen LogP contribution is -1.96. The Kier molecular flexibility index (Phi) is 5.28. The molecule has 5 aromatic carbocycles. The first-order valence-electron chi connectivity index (χ1n) is 13.6. The highest BCUT2D eigenvalue weighted by Crippen LogP contribution is 2.40. The second-order valence-electron chi connectivity index (χ2n) is 10.1. The van der Waals surface area contributed by atoms with E-state index < -0.39 is 0 Å². The third-order valence-electron chi connectivity index (χ3n) is 7.66. The van der Waals surface area contributed by atoms with Crippen LogP contribution in [0.5, 0.6) is 0 Å². The van der Waals surface area contributed by atoms with Crippen LogP contribution in [-0.4, -0.2) is 19.5 Å². The largest absolute Gasteiger partial charge is 0.455 e. The van der Waals surface area contributed by atoms with E-state index in [4.69, 9.17) is 19.4 Å². The molecule has 0 aliphatic carbocycles. The molecule has 5 heteroatoms. The molecule has 0 radical (unpaired) electrons. The van der Waals surface area contributed by atoms with Gasteiger partial charge in [0.15, 0.2) is 5.82 Å². The highest BCUT2D eigenvalue weighted by molar-refractivity contribution is 6.12. The van der Waals surface area contributed by atoms with Crippen LogP contribution in [0.1, 0.15) is 0 Å². The summed E-state index contributed by atoms with van der Waals surface area (Å²) in [6, 6.07) is 43.1. The van der Waals surface area contributed by atoms with Gasteiger partial charge >= 0.3 is 0 Å². The van der Waals surface area contributed by atoms with Gasteiger partial charge in [0.05, 0.1) is 28.0 Å². The average molecular weight is 529 g/mol. The van der Waals surface area contributed by atoms with Crippen molar-refractivity contribution in [3.05, 3.63) is 127 Å². The normalized spacial score (nSPS) is 11.5. The van der Waals surface area contributed by atoms with Crippen molar-refractivity contribution >= 4 is 33.0 Å². The Morgan fingerprint density at radius 2 is 1.15 bits per heavy atom. The predicted molar refractivity (Wildman–Crippen MR) is 165 cm³/mol. The van der Waals surface area contributed by atoms with Crippen LogP contribution in [0.15, 0.2) is 132 Å². The molecule has 0 bridgehead atoms. The van der Waals surface area contributed by atoms with Crippen LogP contribution >= 0.6 is 0 Å². The number of fused-ring (bicyclic) bond motifs is 4. The number of imidazole rings is 1. The first kappa shape index (κ1) is 23.3. The minimum Gasteiger partial charge on any atom is -0.455 e. The van der Waals surface area contributed by atoms with Crippen molar-refractivity contribution in [2.45, 2.75) is 0 Å². The van der Waals surface area contributed by atoms with Crippen molar-refractivity contribution in [3.63, 3.8) is 0 Å². The molecular formula is C36H24N4O. The van der Waals surface area contributed by atoms with E-state index in [1.807, 2.05) is 66.7 Å². The number of aromatic nitrogens is 4. The fraction of sp³-hybridized carbons (Fsp3) is 0.0278. The molecule has 3 aromatic heterocycles. The van der Waals surface area contributed by atoms with Crippen LogP contribution in [-0.2, 0) is 7.05 Å². The molecular weight excluding hydrogens is 504 g/mol. The molecule has 0 unspecified atom stereocenters. The highest BCUT2D eigenvalue weighted by Gasteiger charge is 2.20. The molecule has 0 N–H and O–H groups in total. The van der Waals surface area contributed by atoms with Gasteiger partial charge in [-0.3, -0.25) is 0 Å². The fourth-order valence-corrected chi connectivity index (χ4v) is 5.64. The maximum atomic E-state index is 6.75. The Balaban J connectivity index is 1.37. The van der Waals surface area contributed by atoms with Crippen LogP contribution in [0.2, 0.25) is 0 Å². The second-order valence-corrected chi connectivity index (χ2v) is 10.1. The second kappa shape index (κ2) is 9.28. The Morgan fingerprint density at radius 1 is 0.537 bits per heavy atom. The Labute approximate surface area is 236 Å². The molecule has 0 aliphatic rings. The number of benzene rings is 5. The third kappa shape index (κ3) is 3.82. The van der Waals surface area contributed by atoms with Gasteiger partial charge in [0.2, 0.25) is 0 Å². The van der Waals surface area contributed by atoms with E-state index in [1.165, 1.54) is 0 Å². The van der Waals surface area contributed by atoms with E-state index in [2.05, 4.69) is 72.3 Å². The van der Waals surface area contributed by atoms with Gasteiger partial charge in [-0.25, -0.2) is 15.0 Å². The summed E-state index contributed by atoms with van der Waals surface area (Å²) in [6.45, 7) is 0.